The summed E-state index contributed by atoms with van der Waals surface area (Å²) in [4.78, 5) is 10.5. The summed E-state index contributed by atoms with van der Waals surface area (Å²) in [5.41, 5.74) is 0. The van der Waals surface area contributed by atoms with Crippen LogP contribution in [-0.2, 0) is 9.53 Å². The first-order valence-corrected chi connectivity index (χ1v) is 9.63. The Morgan fingerprint density at radius 3 is 2.81 bits per heavy atom. The van der Waals surface area contributed by atoms with Crippen molar-refractivity contribution in [3.63, 3.8) is 0 Å². The summed E-state index contributed by atoms with van der Waals surface area (Å²) < 4.78 is 5.94. The molecule has 150 valence electrons. The van der Waals surface area contributed by atoms with Gasteiger partial charge in [0.1, 0.15) is 6.10 Å². The quantitative estimate of drug-likeness (QED) is 0.395. The molecule has 0 spiro atoms. The van der Waals surface area contributed by atoms with Crippen LogP contribution in [0.15, 0.2) is 24.0 Å². The summed E-state index contributed by atoms with van der Waals surface area (Å²) in [6, 6.07) is 0. The number of allylic oxidation sites excluding steroid dienone is 2. The minimum atomic E-state index is -0.770. The molecule has 5 nitrogen and oxygen atoms in total. The van der Waals surface area contributed by atoms with Crippen LogP contribution < -0.4 is 0 Å². The molecule has 26 heavy (non-hydrogen) atoms. The predicted octanol–water partition coefficient (Wildman–Crippen LogP) is 3.52. The first kappa shape index (κ1) is 23.1. The molecular weight excluding hydrogens is 352 g/mol. The molecule has 6 heteroatoms. The van der Waals surface area contributed by atoms with E-state index < -0.39 is 18.2 Å². The third-order valence-electron chi connectivity index (χ3n) is 5.26. The number of ether oxygens (including phenoxy) is 1. The van der Waals surface area contributed by atoms with Gasteiger partial charge >= 0.3 is 5.97 Å². The van der Waals surface area contributed by atoms with Crippen LogP contribution in [-0.4, -0.2) is 39.6 Å². The maximum Gasteiger partial charge on any atom is 0.303 e. The smallest absolute Gasteiger partial charge is 0.303 e. The number of fused-ring (bicyclic) bond motifs is 1. The predicted molar refractivity (Wildman–Crippen MR) is 106 cm³/mol. The summed E-state index contributed by atoms with van der Waals surface area (Å²) in [7, 11) is 0. The molecule has 1 heterocycles. The van der Waals surface area contributed by atoms with Gasteiger partial charge in [-0.3, -0.25) is 4.79 Å². The van der Waals surface area contributed by atoms with Crippen LogP contribution in [0.1, 0.15) is 64.7 Å². The standard InChI is InChI=1S/C20H32O5.H2S/c1-2-3-4-7-14(21)10-11-16-17-12-15(8-5-6-9-20(23)24)25-19(17)13-18(16)22;/h8,10-11,14,16-19,21-22H,2-7,9,12-13H2,1H3,(H,23,24);1H2/b11-10+,15-8-;/t14-,16+,17+,18+,19-;/m0./s1. The number of carbonyl (C=O) groups is 1. The van der Waals surface area contributed by atoms with E-state index in [1.807, 2.05) is 18.2 Å². The van der Waals surface area contributed by atoms with Crippen molar-refractivity contribution in [3.8, 4) is 0 Å². The molecular formula is C20H34O5S. The Morgan fingerprint density at radius 1 is 1.35 bits per heavy atom. The van der Waals surface area contributed by atoms with Gasteiger partial charge in [0.05, 0.1) is 18.0 Å². The van der Waals surface area contributed by atoms with Crippen molar-refractivity contribution in [1.82, 2.24) is 0 Å². The molecule has 1 aliphatic heterocycles. The average molecular weight is 387 g/mol. The van der Waals surface area contributed by atoms with Crippen molar-refractivity contribution in [1.29, 1.82) is 0 Å². The lowest BCUT2D eigenvalue weighted by atomic mass is 9.90. The van der Waals surface area contributed by atoms with E-state index in [0.29, 0.717) is 19.3 Å². The zero-order valence-corrected chi connectivity index (χ0v) is 16.6. The van der Waals surface area contributed by atoms with Crippen molar-refractivity contribution in [2.45, 2.75) is 83.0 Å². The topological polar surface area (TPSA) is 87.0 Å². The van der Waals surface area contributed by atoms with Crippen molar-refractivity contribution in [2.24, 2.45) is 11.8 Å². The monoisotopic (exact) mass is 386 g/mol. The normalized spacial score (nSPS) is 30.2. The Kier molecular flexibility index (Phi) is 10.4. The third-order valence-corrected chi connectivity index (χ3v) is 5.26. The van der Waals surface area contributed by atoms with E-state index >= 15 is 0 Å². The Balaban J connectivity index is 0.00000338. The van der Waals surface area contributed by atoms with Gasteiger partial charge in [-0.1, -0.05) is 38.3 Å². The molecule has 0 unspecified atom stereocenters. The van der Waals surface area contributed by atoms with E-state index in [2.05, 4.69) is 6.92 Å². The number of aliphatic carboxylic acids is 1. The fraction of sp³-hybridized carbons (Fsp3) is 0.750. The number of rotatable bonds is 10. The van der Waals surface area contributed by atoms with Gasteiger partial charge in [0.25, 0.3) is 0 Å². The van der Waals surface area contributed by atoms with E-state index in [0.717, 1.165) is 37.9 Å². The maximum atomic E-state index is 10.5. The number of aliphatic hydroxyl groups is 2. The Bertz CT molecular complexity index is 491. The molecule has 5 atom stereocenters. The summed E-state index contributed by atoms with van der Waals surface area (Å²) in [6.45, 7) is 2.14. The zero-order chi connectivity index (χ0) is 18.2. The Hall–Kier alpha value is -0.980. The minimum absolute atomic E-state index is 0. The molecule has 0 aromatic rings. The second-order valence-electron chi connectivity index (χ2n) is 7.31. The van der Waals surface area contributed by atoms with Gasteiger partial charge in [-0.05, 0) is 25.3 Å². The zero-order valence-electron chi connectivity index (χ0n) is 15.6. The molecule has 0 bridgehead atoms. The summed E-state index contributed by atoms with van der Waals surface area (Å²) >= 11 is 0. The van der Waals surface area contributed by atoms with Crippen LogP contribution in [0.2, 0.25) is 0 Å². The molecule has 1 saturated carbocycles. The van der Waals surface area contributed by atoms with E-state index in [1.54, 1.807) is 0 Å². The molecule has 2 aliphatic rings. The van der Waals surface area contributed by atoms with Crippen molar-refractivity contribution >= 4 is 19.5 Å². The average Bonchev–Trinajstić information content (AvgIpc) is 3.06. The molecule has 0 amide bonds. The summed E-state index contributed by atoms with van der Waals surface area (Å²) in [5.74, 6) is 0.429. The molecule has 0 aromatic carbocycles. The number of hydrogen-bond donors (Lipinski definition) is 3. The second kappa shape index (κ2) is 11.7. The van der Waals surface area contributed by atoms with Crippen LogP contribution >= 0.6 is 13.5 Å². The van der Waals surface area contributed by atoms with Crippen LogP contribution in [0.25, 0.3) is 0 Å². The minimum Gasteiger partial charge on any atom is -0.495 e. The number of carboxylic acid groups (broad SMARTS) is 1. The summed E-state index contributed by atoms with van der Waals surface area (Å²) in [6.07, 6.45) is 12.0. The van der Waals surface area contributed by atoms with Gasteiger partial charge in [0.2, 0.25) is 0 Å². The third kappa shape index (κ3) is 6.97. The van der Waals surface area contributed by atoms with E-state index in [9.17, 15) is 15.0 Å². The second-order valence-corrected chi connectivity index (χ2v) is 7.31. The molecule has 0 aromatic heterocycles. The Morgan fingerprint density at radius 2 is 2.12 bits per heavy atom. The van der Waals surface area contributed by atoms with Crippen molar-refractivity contribution in [3.05, 3.63) is 24.0 Å². The largest absolute Gasteiger partial charge is 0.495 e. The lowest BCUT2D eigenvalue weighted by Gasteiger charge is -2.16. The van der Waals surface area contributed by atoms with Gasteiger partial charge in [0.15, 0.2) is 0 Å². The number of carboxylic acids is 1. The van der Waals surface area contributed by atoms with E-state index in [1.165, 1.54) is 0 Å². The highest BCUT2D eigenvalue weighted by Gasteiger charge is 2.46. The van der Waals surface area contributed by atoms with Crippen LogP contribution in [0.4, 0.5) is 0 Å². The molecule has 0 radical (unpaired) electrons. The van der Waals surface area contributed by atoms with Crippen LogP contribution in [0.5, 0.6) is 0 Å². The number of hydrogen-bond acceptors (Lipinski definition) is 4. The van der Waals surface area contributed by atoms with Gasteiger partial charge in [-0.15, -0.1) is 0 Å². The molecule has 1 saturated heterocycles. The van der Waals surface area contributed by atoms with Gasteiger partial charge in [-0.2, -0.15) is 13.5 Å². The molecule has 2 rings (SSSR count). The lowest BCUT2D eigenvalue weighted by Crippen LogP contribution is -2.18. The lowest BCUT2D eigenvalue weighted by molar-refractivity contribution is -0.137. The van der Waals surface area contributed by atoms with Crippen LogP contribution in [0.3, 0.4) is 0 Å². The first-order valence-electron chi connectivity index (χ1n) is 9.63. The SMILES string of the molecule is CCCCC[C@H](O)/C=C/[C@@H]1[C@H]2C/C(=C/CCCC(=O)O)O[C@H]2C[C@H]1O.S. The highest BCUT2D eigenvalue weighted by Crippen LogP contribution is 2.45. The maximum absolute atomic E-state index is 10.5. The first-order chi connectivity index (χ1) is 12.0. The molecule has 1 aliphatic carbocycles. The van der Waals surface area contributed by atoms with Gasteiger partial charge in [0, 0.05) is 31.1 Å². The fourth-order valence-electron chi connectivity index (χ4n) is 3.86. The van der Waals surface area contributed by atoms with E-state index in [4.69, 9.17) is 9.84 Å². The highest BCUT2D eigenvalue weighted by molar-refractivity contribution is 7.59. The van der Waals surface area contributed by atoms with Crippen molar-refractivity contribution in [2.75, 3.05) is 0 Å². The number of unbranched alkanes of at least 4 members (excludes halogenated alkanes) is 3. The fourth-order valence-corrected chi connectivity index (χ4v) is 3.86. The number of aliphatic hydroxyl groups excluding tert-OH is 2. The van der Waals surface area contributed by atoms with Gasteiger partial charge < -0.3 is 20.1 Å². The highest BCUT2D eigenvalue weighted by atomic mass is 32.1. The van der Waals surface area contributed by atoms with Crippen LogP contribution in [0, 0.1) is 11.8 Å². The van der Waals surface area contributed by atoms with Crippen molar-refractivity contribution < 1.29 is 24.9 Å². The Labute approximate surface area is 163 Å². The molecule has 3 N–H and O–H groups in total. The van der Waals surface area contributed by atoms with Gasteiger partial charge in [-0.25, -0.2) is 0 Å². The summed E-state index contributed by atoms with van der Waals surface area (Å²) in [5, 5.41) is 29.0. The molecule has 2 fully saturated rings. The van der Waals surface area contributed by atoms with E-state index in [-0.39, 0.29) is 37.9 Å².